The average Bonchev–Trinajstić information content (AvgIpc) is 2.60. The number of pyridine rings is 1. The summed E-state index contributed by atoms with van der Waals surface area (Å²) in [5.41, 5.74) is 1.11. The van der Waals surface area contributed by atoms with Crippen LogP contribution < -0.4 is 14.8 Å². The van der Waals surface area contributed by atoms with E-state index in [1.807, 2.05) is 38.1 Å². The van der Waals surface area contributed by atoms with Crippen molar-refractivity contribution in [3.05, 3.63) is 53.7 Å². The van der Waals surface area contributed by atoms with Gasteiger partial charge in [-0.2, -0.15) is 13.2 Å². The number of aromatic nitrogens is 1. The third kappa shape index (κ3) is 5.94. The van der Waals surface area contributed by atoms with E-state index in [0.29, 0.717) is 6.61 Å². The summed E-state index contributed by atoms with van der Waals surface area (Å²) in [6.07, 6.45) is -3.27. The number of halogens is 3. The second kappa shape index (κ2) is 8.55. The number of benzene rings is 1. The maximum Gasteiger partial charge on any atom is 0.422 e. The molecule has 1 amide bonds. The van der Waals surface area contributed by atoms with E-state index in [9.17, 15) is 18.0 Å². The van der Waals surface area contributed by atoms with E-state index in [-0.39, 0.29) is 23.4 Å². The Bertz CT molecular complexity index is 716. The highest BCUT2D eigenvalue weighted by Gasteiger charge is 2.28. The molecule has 0 saturated heterocycles. The second-order valence-corrected chi connectivity index (χ2v) is 5.49. The monoisotopic (exact) mass is 368 g/mol. The van der Waals surface area contributed by atoms with Gasteiger partial charge in [-0.3, -0.25) is 4.79 Å². The third-order valence-electron chi connectivity index (χ3n) is 3.42. The van der Waals surface area contributed by atoms with Crippen LogP contribution >= 0.6 is 0 Å². The molecule has 0 spiro atoms. The Kier molecular flexibility index (Phi) is 6.43. The number of carbonyl (C=O) groups is 1. The summed E-state index contributed by atoms with van der Waals surface area (Å²) in [4.78, 5) is 15.9. The van der Waals surface area contributed by atoms with Crippen LogP contribution in [-0.2, 0) is 0 Å². The standard InChI is InChI=1S/C18H19F3N2O3/c1-3-25-15-7-4-13(5-8-15)12(2)23-17(24)14-6-9-16(22-10-14)26-11-18(19,20)21/h4-10,12H,3,11H2,1-2H3,(H,23,24). The Hall–Kier alpha value is -2.77. The highest BCUT2D eigenvalue weighted by Crippen LogP contribution is 2.19. The van der Waals surface area contributed by atoms with Crippen molar-refractivity contribution < 1.29 is 27.4 Å². The number of nitrogens with one attached hydrogen (secondary N) is 1. The zero-order valence-electron chi connectivity index (χ0n) is 14.3. The van der Waals surface area contributed by atoms with Crippen molar-refractivity contribution >= 4 is 5.91 Å². The van der Waals surface area contributed by atoms with Gasteiger partial charge in [-0.15, -0.1) is 0 Å². The minimum Gasteiger partial charge on any atom is -0.494 e. The molecule has 0 aliphatic rings. The molecule has 1 unspecified atom stereocenters. The van der Waals surface area contributed by atoms with E-state index >= 15 is 0 Å². The number of rotatable bonds is 7. The minimum absolute atomic E-state index is 0.196. The van der Waals surface area contributed by atoms with Gasteiger partial charge >= 0.3 is 6.18 Å². The lowest BCUT2D eigenvalue weighted by Gasteiger charge is -2.15. The number of ether oxygens (including phenoxy) is 2. The van der Waals surface area contributed by atoms with Crippen LogP contribution in [0.5, 0.6) is 11.6 Å². The molecule has 8 heteroatoms. The lowest BCUT2D eigenvalue weighted by atomic mass is 10.1. The molecule has 5 nitrogen and oxygen atoms in total. The van der Waals surface area contributed by atoms with Gasteiger partial charge in [0, 0.05) is 12.3 Å². The van der Waals surface area contributed by atoms with Crippen LogP contribution in [0.4, 0.5) is 13.2 Å². The molecule has 1 heterocycles. The lowest BCUT2D eigenvalue weighted by Crippen LogP contribution is -2.26. The number of hydrogen-bond donors (Lipinski definition) is 1. The summed E-state index contributed by atoms with van der Waals surface area (Å²) >= 11 is 0. The van der Waals surface area contributed by atoms with Gasteiger partial charge in [-0.1, -0.05) is 12.1 Å². The summed E-state index contributed by atoms with van der Waals surface area (Å²) in [7, 11) is 0. The van der Waals surface area contributed by atoms with E-state index in [1.54, 1.807) is 0 Å². The molecular weight excluding hydrogens is 349 g/mol. The molecule has 1 atom stereocenters. The normalized spacial score (nSPS) is 12.3. The maximum atomic E-state index is 12.2. The first kappa shape index (κ1) is 19.6. The lowest BCUT2D eigenvalue weighted by molar-refractivity contribution is -0.154. The van der Waals surface area contributed by atoms with E-state index < -0.39 is 12.8 Å². The largest absolute Gasteiger partial charge is 0.494 e. The predicted octanol–water partition coefficient (Wildman–Crippen LogP) is 3.91. The molecule has 26 heavy (non-hydrogen) atoms. The molecule has 1 aromatic carbocycles. The van der Waals surface area contributed by atoms with Crippen LogP contribution in [-0.4, -0.2) is 30.3 Å². The molecule has 1 N–H and O–H groups in total. The van der Waals surface area contributed by atoms with Crippen LogP contribution in [0.25, 0.3) is 0 Å². The van der Waals surface area contributed by atoms with E-state index in [1.165, 1.54) is 18.3 Å². The van der Waals surface area contributed by atoms with Crippen LogP contribution in [0.3, 0.4) is 0 Å². The highest BCUT2D eigenvalue weighted by molar-refractivity contribution is 5.94. The van der Waals surface area contributed by atoms with Gasteiger partial charge in [0.15, 0.2) is 6.61 Å². The summed E-state index contributed by atoms with van der Waals surface area (Å²) in [6.45, 7) is 2.85. The van der Waals surface area contributed by atoms with Crippen molar-refractivity contribution in [3.63, 3.8) is 0 Å². The second-order valence-electron chi connectivity index (χ2n) is 5.49. The van der Waals surface area contributed by atoms with Gasteiger partial charge in [-0.25, -0.2) is 4.98 Å². The smallest absolute Gasteiger partial charge is 0.422 e. The summed E-state index contributed by atoms with van der Waals surface area (Å²) < 4.78 is 46.2. The van der Waals surface area contributed by atoms with E-state index in [2.05, 4.69) is 15.0 Å². The van der Waals surface area contributed by atoms with Gasteiger partial charge in [-0.05, 0) is 37.6 Å². The molecule has 1 aromatic heterocycles. The molecule has 0 aliphatic carbocycles. The summed E-state index contributed by atoms with van der Waals surface area (Å²) in [5, 5.41) is 2.80. The van der Waals surface area contributed by atoms with Crippen molar-refractivity contribution in [1.29, 1.82) is 0 Å². The topological polar surface area (TPSA) is 60.5 Å². The van der Waals surface area contributed by atoms with Crippen LogP contribution in [0.1, 0.15) is 35.8 Å². The molecule has 0 fully saturated rings. The van der Waals surface area contributed by atoms with E-state index in [4.69, 9.17) is 4.74 Å². The van der Waals surface area contributed by atoms with Crippen molar-refractivity contribution in [3.8, 4) is 11.6 Å². The van der Waals surface area contributed by atoms with Crippen molar-refractivity contribution in [2.75, 3.05) is 13.2 Å². The first-order valence-corrected chi connectivity index (χ1v) is 7.97. The number of carbonyl (C=O) groups excluding carboxylic acids is 1. The fourth-order valence-corrected chi connectivity index (χ4v) is 2.14. The highest BCUT2D eigenvalue weighted by atomic mass is 19.4. The summed E-state index contributed by atoms with van der Waals surface area (Å²) in [6, 6.07) is 9.65. The Morgan fingerprint density at radius 2 is 1.85 bits per heavy atom. The zero-order chi connectivity index (χ0) is 19.2. The number of amides is 1. The van der Waals surface area contributed by atoms with Gasteiger partial charge in [0.25, 0.3) is 5.91 Å². The summed E-state index contributed by atoms with van der Waals surface area (Å²) in [5.74, 6) is 0.160. The van der Waals surface area contributed by atoms with Crippen LogP contribution in [0, 0.1) is 0 Å². The number of nitrogens with zero attached hydrogens (tertiary/aromatic N) is 1. The molecule has 140 valence electrons. The first-order chi connectivity index (χ1) is 12.3. The molecule has 0 radical (unpaired) electrons. The van der Waals surface area contributed by atoms with Crippen molar-refractivity contribution in [1.82, 2.24) is 10.3 Å². The third-order valence-corrected chi connectivity index (χ3v) is 3.42. The minimum atomic E-state index is -4.44. The van der Waals surface area contributed by atoms with Gasteiger partial charge in [0.05, 0.1) is 18.2 Å². The Morgan fingerprint density at radius 1 is 1.15 bits per heavy atom. The Morgan fingerprint density at radius 3 is 2.38 bits per heavy atom. The van der Waals surface area contributed by atoms with Crippen molar-refractivity contribution in [2.45, 2.75) is 26.1 Å². The maximum absolute atomic E-state index is 12.2. The molecule has 2 rings (SSSR count). The van der Waals surface area contributed by atoms with Gasteiger partial charge in [0.2, 0.25) is 5.88 Å². The van der Waals surface area contributed by atoms with Crippen LogP contribution in [0.2, 0.25) is 0 Å². The zero-order valence-corrected chi connectivity index (χ0v) is 14.3. The molecule has 0 saturated carbocycles. The number of alkyl halides is 3. The van der Waals surface area contributed by atoms with E-state index in [0.717, 1.165) is 11.3 Å². The van der Waals surface area contributed by atoms with Crippen LogP contribution in [0.15, 0.2) is 42.6 Å². The van der Waals surface area contributed by atoms with Gasteiger partial charge < -0.3 is 14.8 Å². The number of hydrogen-bond acceptors (Lipinski definition) is 4. The fraction of sp³-hybridized carbons (Fsp3) is 0.333. The fourth-order valence-electron chi connectivity index (χ4n) is 2.14. The predicted molar refractivity (Wildman–Crippen MR) is 89.3 cm³/mol. The van der Waals surface area contributed by atoms with Crippen molar-refractivity contribution in [2.24, 2.45) is 0 Å². The molecule has 2 aromatic rings. The average molecular weight is 368 g/mol. The SMILES string of the molecule is CCOc1ccc(C(C)NC(=O)c2ccc(OCC(F)(F)F)nc2)cc1. The Balaban J connectivity index is 1.94. The Labute approximate surface area is 149 Å². The van der Waals surface area contributed by atoms with Gasteiger partial charge in [0.1, 0.15) is 5.75 Å². The quantitative estimate of drug-likeness (QED) is 0.805. The molecule has 0 bridgehead atoms. The first-order valence-electron chi connectivity index (χ1n) is 7.97. The molecular formula is C18H19F3N2O3. The molecule has 0 aliphatic heterocycles.